The Balaban J connectivity index is 1.30. The van der Waals surface area contributed by atoms with Crippen molar-refractivity contribution in [3.63, 3.8) is 0 Å². The van der Waals surface area contributed by atoms with E-state index in [9.17, 15) is 0 Å². The Morgan fingerprint density at radius 1 is 1.16 bits per heavy atom. The molecule has 0 radical (unpaired) electrons. The summed E-state index contributed by atoms with van der Waals surface area (Å²) in [6.45, 7) is 9.53. The molecule has 1 atom stereocenters. The van der Waals surface area contributed by atoms with Crippen molar-refractivity contribution in [3.8, 4) is 10.8 Å². The molecular weight excluding hydrogens is 334 g/mol. The standard InChI is InChI=1S/C19H27N3O2S/c1-15-5-6-18(24-15)19-20-16(14-25-19)12-21-7-3-8-22(10-9-21)13-17-4-2-11-23-17/h5-6,14,17H,2-4,7-13H2,1H3/t17-/m0/s1. The predicted octanol–water partition coefficient (Wildman–Crippen LogP) is 3.40. The highest BCUT2D eigenvalue weighted by Crippen LogP contribution is 2.26. The zero-order valence-electron chi connectivity index (χ0n) is 14.9. The maximum Gasteiger partial charge on any atom is 0.162 e. The third-order valence-corrected chi connectivity index (χ3v) is 5.96. The molecule has 136 valence electrons. The van der Waals surface area contributed by atoms with Crippen LogP contribution in [0.25, 0.3) is 10.8 Å². The normalized spacial score (nSPS) is 23.2. The number of aryl methyl sites for hydroxylation is 1. The average molecular weight is 362 g/mol. The van der Waals surface area contributed by atoms with E-state index in [2.05, 4.69) is 15.2 Å². The van der Waals surface area contributed by atoms with Crippen molar-refractivity contribution in [1.29, 1.82) is 0 Å². The van der Waals surface area contributed by atoms with Gasteiger partial charge in [0, 0.05) is 38.2 Å². The number of nitrogens with zero attached hydrogens (tertiary/aromatic N) is 3. The topological polar surface area (TPSA) is 41.7 Å². The Labute approximate surface area is 153 Å². The van der Waals surface area contributed by atoms with Crippen molar-refractivity contribution < 1.29 is 9.15 Å². The molecule has 0 amide bonds. The summed E-state index contributed by atoms with van der Waals surface area (Å²) in [5.74, 6) is 1.82. The van der Waals surface area contributed by atoms with Gasteiger partial charge < -0.3 is 9.15 Å². The van der Waals surface area contributed by atoms with E-state index >= 15 is 0 Å². The lowest BCUT2D eigenvalue weighted by Gasteiger charge is -2.23. The second-order valence-corrected chi connectivity index (χ2v) is 7.98. The number of hydrogen-bond donors (Lipinski definition) is 0. The molecule has 2 aliphatic rings. The minimum Gasteiger partial charge on any atom is -0.459 e. The maximum absolute atomic E-state index is 5.79. The first kappa shape index (κ1) is 17.2. The highest BCUT2D eigenvalue weighted by atomic mass is 32.1. The number of ether oxygens (including phenoxy) is 1. The average Bonchev–Trinajstić information content (AvgIpc) is 3.31. The van der Waals surface area contributed by atoms with Gasteiger partial charge in [-0.25, -0.2) is 4.98 Å². The van der Waals surface area contributed by atoms with E-state index in [1.54, 1.807) is 11.3 Å². The van der Waals surface area contributed by atoms with Gasteiger partial charge in [0.2, 0.25) is 0 Å². The van der Waals surface area contributed by atoms with Gasteiger partial charge in [0.15, 0.2) is 10.8 Å². The van der Waals surface area contributed by atoms with Gasteiger partial charge in [-0.2, -0.15) is 0 Å². The molecule has 4 rings (SSSR count). The summed E-state index contributed by atoms with van der Waals surface area (Å²) in [5, 5.41) is 3.15. The van der Waals surface area contributed by atoms with Crippen molar-refractivity contribution in [3.05, 3.63) is 29.0 Å². The van der Waals surface area contributed by atoms with Crippen LogP contribution in [0.15, 0.2) is 21.9 Å². The third kappa shape index (κ3) is 4.50. The minimum atomic E-state index is 0.462. The minimum absolute atomic E-state index is 0.462. The van der Waals surface area contributed by atoms with Gasteiger partial charge in [0.25, 0.3) is 0 Å². The van der Waals surface area contributed by atoms with Gasteiger partial charge in [-0.05, 0) is 51.4 Å². The van der Waals surface area contributed by atoms with Crippen LogP contribution in [0.3, 0.4) is 0 Å². The Hall–Kier alpha value is -1.21. The molecule has 0 aliphatic carbocycles. The van der Waals surface area contributed by atoms with Crippen LogP contribution in [0.5, 0.6) is 0 Å². The third-order valence-electron chi connectivity index (χ3n) is 5.06. The summed E-state index contributed by atoms with van der Waals surface area (Å²) < 4.78 is 11.5. The van der Waals surface area contributed by atoms with Crippen LogP contribution in [0.2, 0.25) is 0 Å². The lowest BCUT2D eigenvalue weighted by molar-refractivity contribution is 0.0742. The molecule has 25 heavy (non-hydrogen) atoms. The molecule has 2 aliphatic heterocycles. The van der Waals surface area contributed by atoms with Gasteiger partial charge in [0.05, 0.1) is 11.8 Å². The highest BCUT2D eigenvalue weighted by Gasteiger charge is 2.22. The fourth-order valence-corrected chi connectivity index (χ4v) is 4.48. The van der Waals surface area contributed by atoms with Crippen molar-refractivity contribution in [2.75, 3.05) is 39.3 Å². The van der Waals surface area contributed by atoms with E-state index in [0.717, 1.165) is 61.6 Å². The molecule has 0 saturated carbocycles. The summed E-state index contributed by atoms with van der Waals surface area (Å²) >= 11 is 1.67. The molecule has 2 aromatic rings. The van der Waals surface area contributed by atoms with Crippen molar-refractivity contribution in [2.45, 2.75) is 38.8 Å². The summed E-state index contributed by atoms with van der Waals surface area (Å²) in [7, 11) is 0. The van der Waals surface area contributed by atoms with E-state index in [0.29, 0.717) is 6.10 Å². The van der Waals surface area contributed by atoms with Crippen LogP contribution < -0.4 is 0 Å². The van der Waals surface area contributed by atoms with Crippen LogP contribution in [-0.2, 0) is 11.3 Å². The Kier molecular flexibility index (Phi) is 5.51. The van der Waals surface area contributed by atoms with Gasteiger partial charge in [0.1, 0.15) is 5.76 Å². The zero-order valence-corrected chi connectivity index (χ0v) is 15.8. The molecule has 0 spiro atoms. The molecule has 0 bridgehead atoms. The van der Waals surface area contributed by atoms with Gasteiger partial charge in [-0.1, -0.05) is 0 Å². The largest absolute Gasteiger partial charge is 0.459 e. The molecule has 2 saturated heterocycles. The van der Waals surface area contributed by atoms with Crippen molar-refractivity contribution in [1.82, 2.24) is 14.8 Å². The monoisotopic (exact) mass is 361 g/mol. The smallest absolute Gasteiger partial charge is 0.162 e. The highest BCUT2D eigenvalue weighted by molar-refractivity contribution is 7.13. The lowest BCUT2D eigenvalue weighted by Crippen LogP contribution is -2.35. The summed E-state index contributed by atoms with van der Waals surface area (Å²) in [4.78, 5) is 9.88. The Bertz CT molecular complexity index is 678. The molecular formula is C19H27N3O2S. The maximum atomic E-state index is 5.79. The fraction of sp³-hybridized carbons (Fsp3) is 0.632. The van der Waals surface area contributed by atoms with Crippen molar-refractivity contribution in [2.24, 2.45) is 0 Å². The van der Waals surface area contributed by atoms with Crippen LogP contribution >= 0.6 is 11.3 Å². The van der Waals surface area contributed by atoms with Crippen LogP contribution in [0, 0.1) is 6.92 Å². The van der Waals surface area contributed by atoms with Crippen LogP contribution in [-0.4, -0.2) is 60.2 Å². The Morgan fingerprint density at radius 2 is 2.04 bits per heavy atom. The SMILES string of the molecule is Cc1ccc(-c2nc(CN3CCCN(C[C@@H]4CCCO4)CC3)cs2)o1. The number of thiazole rings is 1. The summed E-state index contributed by atoms with van der Waals surface area (Å²) in [6, 6.07) is 4.00. The molecule has 0 unspecified atom stereocenters. The second-order valence-electron chi connectivity index (χ2n) is 7.12. The first-order chi connectivity index (χ1) is 12.3. The predicted molar refractivity (Wildman–Crippen MR) is 99.9 cm³/mol. The van der Waals surface area contributed by atoms with E-state index in [1.807, 2.05) is 19.1 Å². The summed E-state index contributed by atoms with van der Waals surface area (Å²) in [6.07, 6.45) is 4.14. The fourth-order valence-electron chi connectivity index (χ4n) is 3.71. The number of rotatable bonds is 5. The number of furan rings is 1. The van der Waals surface area contributed by atoms with Gasteiger partial charge in [-0.15, -0.1) is 11.3 Å². The van der Waals surface area contributed by atoms with E-state index < -0.39 is 0 Å². The van der Waals surface area contributed by atoms with E-state index in [1.165, 1.54) is 25.8 Å². The molecule has 6 heteroatoms. The summed E-state index contributed by atoms with van der Waals surface area (Å²) in [5.41, 5.74) is 1.15. The second kappa shape index (κ2) is 7.99. The zero-order chi connectivity index (χ0) is 17.1. The number of hydrogen-bond acceptors (Lipinski definition) is 6. The van der Waals surface area contributed by atoms with E-state index in [4.69, 9.17) is 14.1 Å². The molecule has 2 aromatic heterocycles. The van der Waals surface area contributed by atoms with Crippen LogP contribution in [0.4, 0.5) is 0 Å². The Morgan fingerprint density at radius 3 is 2.84 bits per heavy atom. The van der Waals surface area contributed by atoms with Crippen molar-refractivity contribution >= 4 is 11.3 Å². The molecule has 4 heterocycles. The quantitative estimate of drug-likeness (QED) is 0.816. The van der Waals surface area contributed by atoms with Crippen LogP contribution in [0.1, 0.15) is 30.7 Å². The first-order valence-corrected chi connectivity index (χ1v) is 10.2. The van der Waals surface area contributed by atoms with E-state index in [-0.39, 0.29) is 0 Å². The van der Waals surface area contributed by atoms with Gasteiger partial charge >= 0.3 is 0 Å². The number of aromatic nitrogens is 1. The molecule has 0 aromatic carbocycles. The lowest BCUT2D eigenvalue weighted by atomic mass is 10.2. The molecule has 2 fully saturated rings. The molecule has 0 N–H and O–H groups in total. The first-order valence-electron chi connectivity index (χ1n) is 9.34. The molecule has 5 nitrogen and oxygen atoms in total. The van der Waals surface area contributed by atoms with Gasteiger partial charge in [-0.3, -0.25) is 9.80 Å².